The highest BCUT2D eigenvalue weighted by molar-refractivity contribution is 5.92. The van der Waals surface area contributed by atoms with E-state index in [1.807, 2.05) is 13.8 Å². The third-order valence-corrected chi connectivity index (χ3v) is 9.27. The standard InChI is InChI=1S/C22H29NO.C2H6/c1-20-8-6-18-16(17(20)4-3-14(20)13-23)12-22(9-10-22)19-11-15(24)5-7-21(18,19)2;1-2/h11,14,16-18H,3-10,12H2,1-2H3;1-2H3. The van der Waals surface area contributed by atoms with Crippen LogP contribution in [0.1, 0.15) is 85.5 Å². The fraction of sp³-hybridized carbons (Fsp3) is 0.833. The number of allylic oxidation sites excluding steroid dienone is 1. The summed E-state index contributed by atoms with van der Waals surface area (Å²) in [4.78, 5) is 12.1. The van der Waals surface area contributed by atoms with Gasteiger partial charge in [0.15, 0.2) is 5.78 Å². The van der Waals surface area contributed by atoms with E-state index < -0.39 is 0 Å². The minimum absolute atomic E-state index is 0.258. The molecule has 6 atom stereocenters. The van der Waals surface area contributed by atoms with Gasteiger partial charge in [0.05, 0.1) is 12.0 Å². The summed E-state index contributed by atoms with van der Waals surface area (Å²) < 4.78 is 0. The second-order valence-electron chi connectivity index (χ2n) is 10.1. The van der Waals surface area contributed by atoms with Crippen LogP contribution in [0.3, 0.4) is 0 Å². The monoisotopic (exact) mass is 353 g/mol. The number of nitriles is 1. The van der Waals surface area contributed by atoms with Gasteiger partial charge >= 0.3 is 0 Å². The lowest BCUT2D eigenvalue weighted by molar-refractivity contribution is -0.118. The molecule has 5 rings (SSSR count). The van der Waals surface area contributed by atoms with E-state index in [0.717, 1.165) is 37.0 Å². The minimum Gasteiger partial charge on any atom is -0.295 e. The average molecular weight is 354 g/mol. The maximum absolute atomic E-state index is 12.1. The second-order valence-corrected chi connectivity index (χ2v) is 10.1. The Bertz CT molecular complexity index is 681. The Kier molecular flexibility index (Phi) is 4.18. The number of fused-ring (bicyclic) bond motifs is 6. The Morgan fingerprint density at radius 1 is 1.04 bits per heavy atom. The molecular weight excluding hydrogens is 318 g/mol. The average Bonchev–Trinajstić information content (AvgIpc) is 3.32. The van der Waals surface area contributed by atoms with Crippen molar-refractivity contribution in [1.82, 2.24) is 0 Å². The van der Waals surface area contributed by atoms with Crippen molar-refractivity contribution in [3.63, 3.8) is 0 Å². The van der Waals surface area contributed by atoms with Gasteiger partial charge in [0, 0.05) is 6.42 Å². The molecule has 142 valence electrons. The van der Waals surface area contributed by atoms with Crippen LogP contribution < -0.4 is 0 Å². The Morgan fingerprint density at radius 3 is 2.42 bits per heavy atom. The molecule has 0 radical (unpaired) electrons. The molecule has 0 saturated heterocycles. The van der Waals surface area contributed by atoms with Crippen molar-refractivity contribution in [3.8, 4) is 6.07 Å². The van der Waals surface area contributed by atoms with Crippen LogP contribution in [0.4, 0.5) is 0 Å². The first kappa shape index (κ1) is 18.3. The molecule has 0 aromatic carbocycles. The van der Waals surface area contributed by atoms with Gasteiger partial charge in [-0.3, -0.25) is 4.79 Å². The maximum Gasteiger partial charge on any atom is 0.155 e. The summed E-state index contributed by atoms with van der Waals surface area (Å²) in [5.41, 5.74) is 2.44. The summed E-state index contributed by atoms with van der Waals surface area (Å²) in [5.74, 6) is 2.93. The van der Waals surface area contributed by atoms with Crippen LogP contribution >= 0.6 is 0 Å². The smallest absolute Gasteiger partial charge is 0.155 e. The predicted octanol–water partition coefficient (Wildman–Crippen LogP) is 6.07. The zero-order valence-corrected chi connectivity index (χ0v) is 17.1. The Hall–Kier alpha value is -1.10. The van der Waals surface area contributed by atoms with Crippen LogP contribution in [0, 0.1) is 51.2 Å². The van der Waals surface area contributed by atoms with E-state index in [4.69, 9.17) is 0 Å². The van der Waals surface area contributed by atoms with Gasteiger partial charge in [-0.05, 0) is 91.4 Å². The highest BCUT2D eigenvalue weighted by atomic mass is 16.1. The first-order valence-electron chi connectivity index (χ1n) is 11.1. The molecule has 26 heavy (non-hydrogen) atoms. The molecule has 1 spiro atoms. The lowest BCUT2D eigenvalue weighted by Crippen LogP contribution is -2.53. The molecule has 0 aromatic heterocycles. The largest absolute Gasteiger partial charge is 0.295 e. The molecule has 0 bridgehead atoms. The Balaban J connectivity index is 0.000000814. The molecule has 0 aliphatic heterocycles. The number of hydrogen-bond acceptors (Lipinski definition) is 2. The van der Waals surface area contributed by atoms with Gasteiger partial charge in [-0.15, -0.1) is 0 Å². The third kappa shape index (κ3) is 2.25. The normalized spacial score (nSPS) is 47.5. The van der Waals surface area contributed by atoms with E-state index in [9.17, 15) is 10.1 Å². The molecule has 0 N–H and O–H groups in total. The van der Waals surface area contributed by atoms with Gasteiger partial charge in [0.2, 0.25) is 0 Å². The number of carbonyl (C=O) groups excluding carboxylic acids is 1. The van der Waals surface area contributed by atoms with Gasteiger partial charge in [0.25, 0.3) is 0 Å². The summed E-state index contributed by atoms with van der Waals surface area (Å²) in [7, 11) is 0. The van der Waals surface area contributed by atoms with E-state index in [2.05, 4.69) is 26.0 Å². The van der Waals surface area contributed by atoms with Crippen LogP contribution in [-0.4, -0.2) is 5.78 Å². The van der Waals surface area contributed by atoms with Crippen molar-refractivity contribution >= 4 is 5.78 Å². The van der Waals surface area contributed by atoms with Gasteiger partial charge in [-0.2, -0.15) is 5.26 Å². The van der Waals surface area contributed by atoms with Crippen molar-refractivity contribution in [2.24, 2.45) is 39.9 Å². The molecule has 4 fully saturated rings. The topological polar surface area (TPSA) is 40.9 Å². The molecule has 2 nitrogen and oxygen atoms in total. The van der Waals surface area contributed by atoms with E-state index in [1.54, 1.807) is 5.57 Å². The van der Waals surface area contributed by atoms with Gasteiger partial charge in [0.1, 0.15) is 0 Å². The van der Waals surface area contributed by atoms with Crippen LogP contribution in [-0.2, 0) is 4.79 Å². The summed E-state index contributed by atoms with van der Waals surface area (Å²) in [6.45, 7) is 8.91. The van der Waals surface area contributed by atoms with E-state index in [0.29, 0.717) is 11.2 Å². The second kappa shape index (κ2) is 5.95. The molecule has 6 unspecified atom stereocenters. The number of rotatable bonds is 0. The van der Waals surface area contributed by atoms with Crippen LogP contribution in [0.25, 0.3) is 0 Å². The number of ketones is 1. The fourth-order valence-electron chi connectivity index (χ4n) is 7.82. The maximum atomic E-state index is 12.1. The van der Waals surface area contributed by atoms with Crippen molar-refractivity contribution < 1.29 is 4.79 Å². The predicted molar refractivity (Wildman–Crippen MR) is 104 cm³/mol. The van der Waals surface area contributed by atoms with Gasteiger partial charge in [-0.25, -0.2) is 0 Å². The molecule has 5 aliphatic rings. The lowest BCUT2D eigenvalue weighted by Gasteiger charge is -2.60. The quantitative estimate of drug-likeness (QED) is 0.530. The summed E-state index contributed by atoms with van der Waals surface area (Å²) >= 11 is 0. The number of hydrogen-bond donors (Lipinski definition) is 0. The molecular formula is C24H35NO. The molecule has 2 heteroatoms. The zero-order chi connectivity index (χ0) is 18.7. The number of carbonyl (C=O) groups is 1. The summed E-state index contributed by atoms with van der Waals surface area (Å²) in [6, 6.07) is 2.65. The molecule has 0 amide bonds. The first-order chi connectivity index (χ1) is 12.4. The van der Waals surface area contributed by atoms with Crippen LogP contribution in [0.5, 0.6) is 0 Å². The third-order valence-electron chi connectivity index (χ3n) is 9.27. The first-order valence-corrected chi connectivity index (χ1v) is 11.1. The highest BCUT2D eigenvalue weighted by Crippen LogP contribution is 2.74. The Labute approximate surface area is 159 Å². The van der Waals surface area contributed by atoms with Crippen molar-refractivity contribution in [2.45, 2.75) is 85.5 Å². The van der Waals surface area contributed by atoms with Crippen molar-refractivity contribution in [2.75, 3.05) is 0 Å². The van der Waals surface area contributed by atoms with E-state index >= 15 is 0 Å². The molecule has 0 heterocycles. The van der Waals surface area contributed by atoms with Crippen molar-refractivity contribution in [1.29, 1.82) is 5.26 Å². The van der Waals surface area contributed by atoms with Crippen LogP contribution in [0.2, 0.25) is 0 Å². The summed E-state index contributed by atoms with van der Waals surface area (Å²) in [5, 5.41) is 9.65. The fourth-order valence-corrected chi connectivity index (χ4v) is 7.82. The van der Waals surface area contributed by atoms with Crippen molar-refractivity contribution in [3.05, 3.63) is 11.6 Å². The van der Waals surface area contributed by atoms with E-state index in [-0.39, 0.29) is 16.7 Å². The zero-order valence-electron chi connectivity index (χ0n) is 17.1. The van der Waals surface area contributed by atoms with Gasteiger partial charge in [-0.1, -0.05) is 33.3 Å². The SMILES string of the molecule is CC.CC12CCC(=O)C=C1C1(CC1)CC1C2CCC2(C)C(C#N)CCC12. The highest BCUT2D eigenvalue weighted by Gasteiger charge is 2.66. The summed E-state index contributed by atoms with van der Waals surface area (Å²) in [6.07, 6.45) is 12.7. The van der Waals surface area contributed by atoms with Crippen LogP contribution in [0.15, 0.2) is 11.6 Å². The molecule has 0 aromatic rings. The van der Waals surface area contributed by atoms with Gasteiger partial charge < -0.3 is 0 Å². The lowest BCUT2D eigenvalue weighted by atomic mass is 9.44. The molecule has 4 saturated carbocycles. The Morgan fingerprint density at radius 2 is 1.77 bits per heavy atom. The minimum atomic E-state index is 0.258. The number of nitrogens with zero attached hydrogens (tertiary/aromatic N) is 1. The molecule has 5 aliphatic carbocycles. The van der Waals surface area contributed by atoms with E-state index in [1.165, 1.54) is 38.5 Å².